The van der Waals surface area contributed by atoms with Crippen LogP contribution in [0.5, 0.6) is 0 Å². The Morgan fingerprint density at radius 2 is 0.893 bits per heavy atom. The molecule has 28 heavy (non-hydrogen) atoms. The molecule has 1 nitrogen and oxygen atoms in total. The minimum Gasteiger partial charge on any atom is -0.388 e. The van der Waals surface area contributed by atoms with Gasteiger partial charge in [0.05, 0.1) is 6.10 Å². The molecule has 0 aliphatic heterocycles. The van der Waals surface area contributed by atoms with Crippen molar-refractivity contribution in [2.24, 2.45) is 0 Å². The zero-order valence-electron chi connectivity index (χ0n) is 18.8. The molecular weight excluding hydrogens is 340 g/mol. The number of hydrogen-bond donors (Lipinski definition) is 1. The Morgan fingerprint density at radius 3 is 1.29 bits per heavy atom. The minimum absolute atomic E-state index is 0.276. The Morgan fingerprint density at radius 1 is 0.536 bits per heavy atom. The summed E-state index contributed by atoms with van der Waals surface area (Å²) < 4.78 is 0. The van der Waals surface area contributed by atoms with Crippen molar-refractivity contribution in [1.82, 2.24) is 0 Å². The third-order valence-corrected chi connectivity index (χ3v) is 6.02. The summed E-state index contributed by atoms with van der Waals surface area (Å²) >= 11 is 0. The summed E-state index contributed by atoms with van der Waals surface area (Å²) in [6.45, 7) is 2.29. The molecule has 0 amide bonds. The SMILES string of the molecule is CCCCCCCCCCCCCCCCCCCCC(O)c1ccccc1. The van der Waals surface area contributed by atoms with Gasteiger partial charge >= 0.3 is 0 Å². The first-order valence-electron chi connectivity index (χ1n) is 12.6. The number of unbranched alkanes of at least 4 members (excludes halogenated alkanes) is 17. The van der Waals surface area contributed by atoms with Crippen LogP contribution in [0.2, 0.25) is 0 Å². The molecule has 0 bridgehead atoms. The molecule has 1 aromatic rings. The van der Waals surface area contributed by atoms with E-state index in [1.165, 1.54) is 109 Å². The Bertz CT molecular complexity index is 414. The van der Waals surface area contributed by atoms with Crippen molar-refractivity contribution in [2.75, 3.05) is 0 Å². The van der Waals surface area contributed by atoms with Gasteiger partial charge in [-0.3, -0.25) is 0 Å². The van der Waals surface area contributed by atoms with Crippen molar-refractivity contribution >= 4 is 0 Å². The highest BCUT2D eigenvalue weighted by atomic mass is 16.3. The number of aliphatic hydroxyl groups excluding tert-OH is 1. The third kappa shape index (κ3) is 15.1. The molecule has 0 aromatic heterocycles. The van der Waals surface area contributed by atoms with Crippen molar-refractivity contribution in [3.8, 4) is 0 Å². The second kappa shape index (κ2) is 19.5. The van der Waals surface area contributed by atoms with E-state index in [0.29, 0.717) is 0 Å². The summed E-state index contributed by atoms with van der Waals surface area (Å²) in [6.07, 6.45) is 25.9. The largest absolute Gasteiger partial charge is 0.388 e. The second-order valence-corrected chi connectivity index (χ2v) is 8.73. The molecule has 1 aromatic carbocycles. The smallest absolute Gasteiger partial charge is 0.0790 e. The molecule has 0 saturated carbocycles. The van der Waals surface area contributed by atoms with Crippen LogP contribution in [0.4, 0.5) is 0 Å². The molecule has 1 unspecified atom stereocenters. The molecule has 0 spiro atoms. The van der Waals surface area contributed by atoms with Gasteiger partial charge in [0.1, 0.15) is 0 Å². The van der Waals surface area contributed by atoms with Crippen molar-refractivity contribution in [1.29, 1.82) is 0 Å². The lowest BCUT2D eigenvalue weighted by molar-refractivity contribution is 0.163. The van der Waals surface area contributed by atoms with Gasteiger partial charge in [-0.05, 0) is 12.0 Å². The van der Waals surface area contributed by atoms with E-state index in [4.69, 9.17) is 0 Å². The number of rotatable bonds is 20. The van der Waals surface area contributed by atoms with Crippen molar-refractivity contribution < 1.29 is 5.11 Å². The Labute approximate surface area is 176 Å². The van der Waals surface area contributed by atoms with Crippen LogP contribution in [0.3, 0.4) is 0 Å². The van der Waals surface area contributed by atoms with Crippen molar-refractivity contribution in [3.63, 3.8) is 0 Å². The molecule has 0 aliphatic rings. The number of hydrogen-bond acceptors (Lipinski definition) is 1. The van der Waals surface area contributed by atoms with Crippen LogP contribution in [0.15, 0.2) is 30.3 Å². The Kier molecular flexibility index (Phi) is 17.6. The summed E-state index contributed by atoms with van der Waals surface area (Å²) in [4.78, 5) is 0. The average molecular weight is 389 g/mol. The van der Waals surface area contributed by atoms with Crippen LogP contribution < -0.4 is 0 Å². The summed E-state index contributed by atoms with van der Waals surface area (Å²) in [5.41, 5.74) is 1.06. The predicted molar refractivity (Wildman–Crippen MR) is 125 cm³/mol. The van der Waals surface area contributed by atoms with E-state index in [9.17, 15) is 5.11 Å². The van der Waals surface area contributed by atoms with Gasteiger partial charge in [0, 0.05) is 0 Å². The van der Waals surface area contributed by atoms with E-state index in [2.05, 4.69) is 6.92 Å². The average Bonchev–Trinajstić information content (AvgIpc) is 2.73. The topological polar surface area (TPSA) is 20.2 Å². The van der Waals surface area contributed by atoms with E-state index in [1.54, 1.807) is 0 Å². The van der Waals surface area contributed by atoms with Crippen LogP contribution in [-0.2, 0) is 0 Å². The van der Waals surface area contributed by atoms with Gasteiger partial charge in [-0.25, -0.2) is 0 Å². The highest BCUT2D eigenvalue weighted by Gasteiger charge is 2.05. The molecule has 162 valence electrons. The zero-order valence-corrected chi connectivity index (χ0v) is 18.8. The molecule has 0 heterocycles. The molecule has 1 rings (SSSR count). The predicted octanol–water partition coefficient (Wildman–Crippen LogP) is 9.15. The lowest BCUT2D eigenvalue weighted by atomic mass is 10.0. The fraction of sp³-hybridized carbons (Fsp3) is 0.778. The lowest BCUT2D eigenvalue weighted by Gasteiger charge is -2.10. The van der Waals surface area contributed by atoms with Gasteiger partial charge in [0.25, 0.3) is 0 Å². The van der Waals surface area contributed by atoms with Gasteiger partial charge in [0.15, 0.2) is 0 Å². The molecule has 0 fully saturated rings. The van der Waals surface area contributed by atoms with Crippen LogP contribution >= 0.6 is 0 Å². The lowest BCUT2D eigenvalue weighted by Crippen LogP contribution is -1.96. The first-order valence-corrected chi connectivity index (χ1v) is 12.6. The first-order chi connectivity index (χ1) is 13.8. The Hall–Kier alpha value is -0.820. The van der Waals surface area contributed by atoms with Crippen LogP contribution in [-0.4, -0.2) is 5.11 Å². The van der Waals surface area contributed by atoms with E-state index in [1.807, 2.05) is 30.3 Å². The maximum Gasteiger partial charge on any atom is 0.0790 e. The molecule has 1 N–H and O–H groups in total. The number of benzene rings is 1. The first kappa shape index (κ1) is 25.2. The highest BCUT2D eigenvalue weighted by Crippen LogP contribution is 2.20. The normalized spacial score (nSPS) is 12.4. The van der Waals surface area contributed by atoms with E-state index < -0.39 is 0 Å². The van der Waals surface area contributed by atoms with E-state index >= 15 is 0 Å². The highest BCUT2D eigenvalue weighted by molar-refractivity contribution is 5.16. The van der Waals surface area contributed by atoms with E-state index in [0.717, 1.165) is 18.4 Å². The Balaban J connectivity index is 1.73. The molecule has 0 aliphatic carbocycles. The van der Waals surface area contributed by atoms with E-state index in [-0.39, 0.29) is 6.10 Å². The molecule has 0 saturated heterocycles. The number of aliphatic hydroxyl groups is 1. The van der Waals surface area contributed by atoms with Crippen molar-refractivity contribution in [3.05, 3.63) is 35.9 Å². The second-order valence-electron chi connectivity index (χ2n) is 8.73. The molecule has 0 radical (unpaired) electrons. The summed E-state index contributed by atoms with van der Waals surface area (Å²) in [6, 6.07) is 10.1. The summed E-state index contributed by atoms with van der Waals surface area (Å²) in [7, 11) is 0. The standard InChI is InChI=1S/C27H48O/c1-2-3-4-5-6-7-8-9-10-11-12-13-14-15-16-17-18-22-25-27(28)26-23-20-19-21-24-26/h19-21,23-24,27-28H,2-18,22,25H2,1H3. The van der Waals surface area contributed by atoms with Gasteiger partial charge < -0.3 is 5.11 Å². The van der Waals surface area contributed by atoms with Gasteiger partial charge in [-0.1, -0.05) is 153 Å². The fourth-order valence-electron chi connectivity index (χ4n) is 4.08. The maximum absolute atomic E-state index is 10.2. The third-order valence-electron chi connectivity index (χ3n) is 6.02. The van der Waals surface area contributed by atoms with Crippen molar-refractivity contribution in [2.45, 2.75) is 135 Å². The molecular formula is C27H48O. The fourth-order valence-corrected chi connectivity index (χ4v) is 4.08. The maximum atomic E-state index is 10.2. The van der Waals surface area contributed by atoms with Crippen LogP contribution in [0, 0.1) is 0 Å². The zero-order chi connectivity index (χ0) is 20.1. The minimum atomic E-state index is -0.276. The molecule has 1 heteroatoms. The monoisotopic (exact) mass is 388 g/mol. The van der Waals surface area contributed by atoms with Crippen LogP contribution in [0.25, 0.3) is 0 Å². The van der Waals surface area contributed by atoms with Gasteiger partial charge in [-0.2, -0.15) is 0 Å². The van der Waals surface area contributed by atoms with Crippen LogP contribution in [0.1, 0.15) is 141 Å². The summed E-state index contributed by atoms with van der Waals surface area (Å²) in [5.74, 6) is 0. The molecule has 1 atom stereocenters. The summed E-state index contributed by atoms with van der Waals surface area (Å²) in [5, 5.41) is 10.2. The van der Waals surface area contributed by atoms with Gasteiger partial charge in [-0.15, -0.1) is 0 Å². The van der Waals surface area contributed by atoms with Gasteiger partial charge in [0.2, 0.25) is 0 Å². The quantitative estimate of drug-likeness (QED) is 0.221.